The Morgan fingerprint density at radius 3 is 2.42 bits per heavy atom. The van der Waals surface area contributed by atoms with E-state index < -0.39 is 41.8 Å². The maximum Gasteiger partial charge on any atom is 0.573 e. The minimum absolute atomic E-state index is 0.00183. The molecule has 1 unspecified atom stereocenters. The first kappa shape index (κ1) is 26.9. The van der Waals surface area contributed by atoms with Gasteiger partial charge in [0.25, 0.3) is 0 Å². The first-order chi connectivity index (χ1) is 16.8. The minimum atomic E-state index is -4.89. The molecule has 2 N–H and O–H groups in total. The zero-order valence-corrected chi connectivity index (χ0v) is 20.3. The van der Waals surface area contributed by atoms with E-state index in [4.69, 9.17) is 16.3 Å². The van der Waals surface area contributed by atoms with Crippen LogP contribution >= 0.6 is 11.6 Å². The third-order valence-electron chi connectivity index (χ3n) is 5.22. The molecule has 13 heteroatoms. The predicted molar refractivity (Wildman–Crippen MR) is 124 cm³/mol. The van der Waals surface area contributed by atoms with E-state index in [2.05, 4.69) is 15.4 Å². The van der Waals surface area contributed by atoms with Crippen LogP contribution in [0.5, 0.6) is 5.75 Å². The Hall–Kier alpha value is -3.67. The molecule has 4 amide bonds. The third kappa shape index (κ3) is 6.72. The van der Waals surface area contributed by atoms with Crippen LogP contribution in [-0.4, -0.2) is 54.1 Å². The molecule has 1 fully saturated rings. The Labute approximate surface area is 210 Å². The first-order valence-corrected chi connectivity index (χ1v) is 11.0. The van der Waals surface area contributed by atoms with Crippen LogP contribution < -0.4 is 15.4 Å². The lowest BCUT2D eigenvalue weighted by Gasteiger charge is -2.43. The standard InChI is InChI=1S/C23H24ClF3N4O5/c1-22(2,18(32)35-3)13-31-20(33)29-19(28-16-5-4-6-17(11-16)36-23(25,26)27)30(21(31)34)12-14-7-9-15(24)10-8-14/h4-11,19,28H,12-13H2,1-3H3,(H,29,33). The highest BCUT2D eigenvalue weighted by molar-refractivity contribution is 6.30. The molecule has 0 spiro atoms. The molecule has 1 atom stereocenters. The molecule has 1 aliphatic rings. The monoisotopic (exact) mass is 528 g/mol. The van der Waals surface area contributed by atoms with Gasteiger partial charge in [-0.3, -0.25) is 15.0 Å². The summed E-state index contributed by atoms with van der Waals surface area (Å²) in [6.07, 6.45) is -6.03. The number of nitrogens with one attached hydrogen (secondary N) is 2. The molecule has 1 saturated heterocycles. The summed E-state index contributed by atoms with van der Waals surface area (Å²) in [6.45, 7) is 2.78. The number of methoxy groups -OCH3 is 1. The minimum Gasteiger partial charge on any atom is -0.469 e. The summed E-state index contributed by atoms with van der Waals surface area (Å²) in [7, 11) is 1.20. The first-order valence-electron chi connectivity index (χ1n) is 10.6. The number of anilines is 1. The van der Waals surface area contributed by atoms with Gasteiger partial charge in [0.15, 0.2) is 6.29 Å². The van der Waals surface area contributed by atoms with Crippen molar-refractivity contribution in [3.8, 4) is 5.75 Å². The van der Waals surface area contributed by atoms with Crippen LogP contribution in [0.15, 0.2) is 48.5 Å². The largest absolute Gasteiger partial charge is 0.573 e. The van der Waals surface area contributed by atoms with Gasteiger partial charge in [-0.2, -0.15) is 0 Å². The molecule has 1 heterocycles. The molecule has 0 bridgehead atoms. The highest BCUT2D eigenvalue weighted by Gasteiger charge is 2.43. The maximum atomic E-state index is 13.5. The molecular weight excluding hydrogens is 505 g/mol. The zero-order valence-electron chi connectivity index (χ0n) is 19.6. The normalized spacial score (nSPS) is 16.5. The predicted octanol–water partition coefficient (Wildman–Crippen LogP) is 4.78. The number of hydrogen-bond acceptors (Lipinski definition) is 6. The van der Waals surface area contributed by atoms with Crippen LogP contribution in [0.1, 0.15) is 19.4 Å². The second-order valence-corrected chi connectivity index (χ2v) is 9.01. The van der Waals surface area contributed by atoms with Gasteiger partial charge in [-0.05, 0) is 43.7 Å². The van der Waals surface area contributed by atoms with Gasteiger partial charge in [-0.15, -0.1) is 13.2 Å². The van der Waals surface area contributed by atoms with E-state index in [0.717, 1.165) is 17.0 Å². The van der Waals surface area contributed by atoms with E-state index in [1.807, 2.05) is 0 Å². The number of imide groups is 1. The summed E-state index contributed by atoms with van der Waals surface area (Å²) in [5.74, 6) is -1.10. The van der Waals surface area contributed by atoms with Gasteiger partial charge < -0.3 is 14.8 Å². The average Bonchev–Trinajstić information content (AvgIpc) is 2.79. The quantitative estimate of drug-likeness (QED) is 0.478. The lowest BCUT2D eigenvalue weighted by atomic mass is 9.93. The average molecular weight is 529 g/mol. The van der Waals surface area contributed by atoms with E-state index in [9.17, 15) is 27.6 Å². The highest BCUT2D eigenvalue weighted by atomic mass is 35.5. The van der Waals surface area contributed by atoms with Crippen molar-refractivity contribution in [1.29, 1.82) is 0 Å². The van der Waals surface area contributed by atoms with E-state index in [0.29, 0.717) is 10.6 Å². The lowest BCUT2D eigenvalue weighted by molar-refractivity contribution is -0.274. The van der Waals surface area contributed by atoms with Gasteiger partial charge in [0.1, 0.15) is 5.75 Å². The van der Waals surface area contributed by atoms with Crippen LogP contribution in [0.25, 0.3) is 0 Å². The summed E-state index contributed by atoms with van der Waals surface area (Å²) >= 11 is 5.94. The molecular formula is C23H24ClF3N4O5. The van der Waals surface area contributed by atoms with Crippen molar-refractivity contribution in [3.05, 3.63) is 59.1 Å². The van der Waals surface area contributed by atoms with Gasteiger partial charge in [0.2, 0.25) is 0 Å². The number of urea groups is 2. The Balaban J connectivity index is 1.89. The molecule has 194 valence electrons. The number of halogens is 4. The number of carbonyl (C=O) groups excluding carboxylic acids is 3. The fourth-order valence-corrected chi connectivity index (χ4v) is 3.63. The number of nitrogens with zero attached hydrogens (tertiary/aromatic N) is 2. The van der Waals surface area contributed by atoms with E-state index in [1.54, 1.807) is 24.3 Å². The third-order valence-corrected chi connectivity index (χ3v) is 5.47. The molecule has 0 aliphatic carbocycles. The van der Waals surface area contributed by atoms with Crippen molar-refractivity contribution in [3.63, 3.8) is 0 Å². The zero-order chi connectivity index (χ0) is 26.7. The summed E-state index contributed by atoms with van der Waals surface area (Å²) in [6, 6.07) is 10.1. The number of carbonyl (C=O) groups is 3. The topological polar surface area (TPSA) is 100 Å². The SMILES string of the molecule is COC(=O)C(C)(C)CN1C(=O)NC(Nc2cccc(OC(F)(F)F)c2)N(Cc2ccc(Cl)cc2)C1=O. The van der Waals surface area contributed by atoms with Crippen molar-refractivity contribution in [1.82, 2.24) is 15.1 Å². The molecule has 2 aromatic rings. The molecule has 3 rings (SSSR count). The Morgan fingerprint density at radius 1 is 1.14 bits per heavy atom. The van der Waals surface area contributed by atoms with Gasteiger partial charge in [-0.1, -0.05) is 29.8 Å². The number of hydrogen-bond donors (Lipinski definition) is 2. The van der Waals surface area contributed by atoms with Crippen molar-refractivity contribution in [2.45, 2.75) is 33.0 Å². The van der Waals surface area contributed by atoms with Gasteiger partial charge in [0.05, 0.1) is 19.1 Å². The molecule has 0 aromatic heterocycles. The summed E-state index contributed by atoms with van der Waals surface area (Å²) in [5.41, 5.74) is -0.381. The summed E-state index contributed by atoms with van der Waals surface area (Å²) in [4.78, 5) is 40.6. The van der Waals surface area contributed by atoms with Crippen LogP contribution in [0.3, 0.4) is 0 Å². The van der Waals surface area contributed by atoms with Crippen LogP contribution in [-0.2, 0) is 16.1 Å². The number of alkyl halides is 3. The molecule has 1 aliphatic heterocycles. The van der Waals surface area contributed by atoms with Crippen molar-refractivity contribution < 1.29 is 37.0 Å². The number of esters is 1. The van der Waals surface area contributed by atoms with Crippen molar-refractivity contribution in [2.24, 2.45) is 5.41 Å². The number of rotatable bonds is 8. The second-order valence-electron chi connectivity index (χ2n) is 8.57. The van der Waals surface area contributed by atoms with Gasteiger partial charge >= 0.3 is 24.4 Å². The Kier molecular flexibility index (Phi) is 7.87. The second kappa shape index (κ2) is 10.5. The van der Waals surface area contributed by atoms with Crippen LogP contribution in [0, 0.1) is 5.41 Å². The molecule has 2 aromatic carbocycles. The molecule has 0 saturated carbocycles. The van der Waals surface area contributed by atoms with Crippen LogP contribution in [0.2, 0.25) is 5.02 Å². The lowest BCUT2D eigenvalue weighted by Crippen LogP contribution is -2.68. The van der Waals surface area contributed by atoms with E-state index in [-0.39, 0.29) is 18.8 Å². The van der Waals surface area contributed by atoms with Crippen molar-refractivity contribution >= 4 is 35.3 Å². The molecule has 36 heavy (non-hydrogen) atoms. The number of benzene rings is 2. The van der Waals surface area contributed by atoms with E-state index in [1.165, 1.54) is 38.0 Å². The van der Waals surface area contributed by atoms with Gasteiger partial charge in [0, 0.05) is 23.3 Å². The number of amides is 4. The maximum absolute atomic E-state index is 13.5. The highest BCUT2D eigenvalue weighted by Crippen LogP contribution is 2.27. The molecule has 9 nitrogen and oxygen atoms in total. The van der Waals surface area contributed by atoms with Crippen LogP contribution in [0.4, 0.5) is 28.4 Å². The summed E-state index contributed by atoms with van der Waals surface area (Å²) < 4.78 is 46.6. The Morgan fingerprint density at radius 2 is 1.81 bits per heavy atom. The Bertz CT molecular complexity index is 1130. The smallest absolute Gasteiger partial charge is 0.469 e. The summed E-state index contributed by atoms with van der Waals surface area (Å²) in [5, 5.41) is 5.94. The van der Waals surface area contributed by atoms with Gasteiger partial charge in [-0.25, -0.2) is 14.5 Å². The van der Waals surface area contributed by atoms with Crippen molar-refractivity contribution in [2.75, 3.05) is 19.0 Å². The fourth-order valence-electron chi connectivity index (χ4n) is 3.50. The number of ether oxygens (including phenoxy) is 2. The van der Waals surface area contributed by atoms with E-state index >= 15 is 0 Å². The fraction of sp³-hybridized carbons (Fsp3) is 0.348. The molecule has 0 radical (unpaired) electrons.